The molecule has 122 valence electrons. The zero-order valence-electron chi connectivity index (χ0n) is 13.7. The number of hydrogen-bond donors (Lipinski definition) is 1. The molecule has 3 heterocycles. The number of fused-ring (bicyclic) bond motifs is 1. The zero-order chi connectivity index (χ0) is 16.2. The minimum absolute atomic E-state index is 0.657. The molecule has 0 unspecified atom stereocenters. The average Bonchev–Trinajstić information content (AvgIpc) is 2.64. The molecule has 0 spiro atoms. The van der Waals surface area contributed by atoms with Crippen LogP contribution in [0, 0.1) is 0 Å². The molecule has 1 aliphatic rings. The van der Waals surface area contributed by atoms with Crippen LogP contribution in [0.15, 0.2) is 48.8 Å². The number of anilines is 2. The molecular weight excluding hydrogens is 298 g/mol. The van der Waals surface area contributed by atoms with Gasteiger partial charge < -0.3 is 5.32 Å². The topological polar surface area (TPSA) is 53.9 Å². The van der Waals surface area contributed by atoms with E-state index in [1.165, 1.54) is 37.9 Å². The van der Waals surface area contributed by atoms with Crippen molar-refractivity contribution in [1.82, 2.24) is 19.9 Å². The fraction of sp³-hybridized carbons (Fsp3) is 0.316. The molecule has 5 nitrogen and oxygen atoms in total. The second-order valence-electron chi connectivity index (χ2n) is 6.26. The van der Waals surface area contributed by atoms with E-state index in [4.69, 9.17) is 0 Å². The lowest BCUT2D eigenvalue weighted by Gasteiger charge is -2.26. The largest absolute Gasteiger partial charge is 0.339 e. The number of nitrogens with zero attached hydrogens (tertiary/aromatic N) is 4. The monoisotopic (exact) mass is 319 g/mol. The molecule has 0 atom stereocenters. The summed E-state index contributed by atoms with van der Waals surface area (Å²) < 4.78 is 0. The standard InChI is InChI=1S/C19H21N5/c1-2-11-24(12-3-1)14-15-6-8-16(9-7-15)22-18-13-21-17-5-4-10-20-19(17)23-18/h4-10,13H,1-3,11-12,14H2,(H,20,22,23). The summed E-state index contributed by atoms with van der Waals surface area (Å²) in [7, 11) is 0. The minimum atomic E-state index is 0.657. The van der Waals surface area contributed by atoms with E-state index in [9.17, 15) is 0 Å². The van der Waals surface area contributed by atoms with E-state index in [0.717, 1.165) is 17.7 Å². The predicted octanol–water partition coefficient (Wildman–Crippen LogP) is 3.75. The molecule has 1 N–H and O–H groups in total. The van der Waals surface area contributed by atoms with Crippen LogP contribution < -0.4 is 5.32 Å². The van der Waals surface area contributed by atoms with Crippen molar-refractivity contribution in [3.8, 4) is 0 Å². The summed E-state index contributed by atoms with van der Waals surface area (Å²) in [5.41, 5.74) is 3.83. The quantitative estimate of drug-likeness (QED) is 0.793. The molecule has 1 saturated heterocycles. The van der Waals surface area contributed by atoms with E-state index in [2.05, 4.69) is 49.4 Å². The Morgan fingerprint density at radius 2 is 1.79 bits per heavy atom. The third kappa shape index (κ3) is 3.51. The number of rotatable bonds is 4. The van der Waals surface area contributed by atoms with Gasteiger partial charge in [0.25, 0.3) is 0 Å². The van der Waals surface area contributed by atoms with Gasteiger partial charge in [-0.15, -0.1) is 0 Å². The van der Waals surface area contributed by atoms with Crippen LogP contribution in [-0.4, -0.2) is 32.9 Å². The molecule has 5 heteroatoms. The SMILES string of the molecule is c1cnc2nc(Nc3ccc(CN4CCCCC4)cc3)cnc2c1. The second kappa shape index (κ2) is 6.93. The maximum Gasteiger partial charge on any atom is 0.180 e. The first-order valence-corrected chi connectivity index (χ1v) is 8.53. The molecule has 1 aromatic carbocycles. The molecule has 4 rings (SSSR count). The van der Waals surface area contributed by atoms with Crippen LogP contribution in [0.4, 0.5) is 11.5 Å². The highest BCUT2D eigenvalue weighted by atomic mass is 15.1. The molecule has 1 fully saturated rings. The lowest BCUT2D eigenvalue weighted by Crippen LogP contribution is -2.29. The van der Waals surface area contributed by atoms with E-state index in [0.29, 0.717) is 11.5 Å². The number of piperidine rings is 1. The highest BCUT2D eigenvalue weighted by Gasteiger charge is 2.10. The fourth-order valence-corrected chi connectivity index (χ4v) is 3.13. The first-order valence-electron chi connectivity index (χ1n) is 8.53. The van der Waals surface area contributed by atoms with E-state index in [-0.39, 0.29) is 0 Å². The number of nitrogens with one attached hydrogen (secondary N) is 1. The normalized spacial score (nSPS) is 15.5. The predicted molar refractivity (Wildman–Crippen MR) is 96.2 cm³/mol. The number of pyridine rings is 1. The Balaban J connectivity index is 1.44. The van der Waals surface area contributed by atoms with Gasteiger partial charge in [-0.3, -0.25) is 4.90 Å². The summed E-state index contributed by atoms with van der Waals surface area (Å²) in [6.07, 6.45) is 7.51. The fourth-order valence-electron chi connectivity index (χ4n) is 3.13. The van der Waals surface area contributed by atoms with Crippen LogP contribution in [0.5, 0.6) is 0 Å². The second-order valence-corrected chi connectivity index (χ2v) is 6.26. The molecule has 24 heavy (non-hydrogen) atoms. The van der Waals surface area contributed by atoms with Crippen LogP contribution in [0.1, 0.15) is 24.8 Å². The highest BCUT2D eigenvalue weighted by molar-refractivity contribution is 5.71. The summed E-state index contributed by atoms with van der Waals surface area (Å²) in [6, 6.07) is 12.3. The molecular formula is C19H21N5. The number of likely N-dealkylation sites (tertiary alicyclic amines) is 1. The van der Waals surface area contributed by atoms with E-state index in [1.807, 2.05) is 12.1 Å². The lowest BCUT2D eigenvalue weighted by molar-refractivity contribution is 0.221. The van der Waals surface area contributed by atoms with Crippen molar-refractivity contribution in [3.05, 3.63) is 54.4 Å². The molecule has 0 saturated carbocycles. The third-order valence-electron chi connectivity index (χ3n) is 4.40. The first-order chi connectivity index (χ1) is 11.9. The van der Waals surface area contributed by atoms with E-state index < -0.39 is 0 Å². The Kier molecular flexibility index (Phi) is 4.34. The Morgan fingerprint density at radius 3 is 2.62 bits per heavy atom. The van der Waals surface area contributed by atoms with E-state index in [1.54, 1.807) is 12.4 Å². The average molecular weight is 319 g/mol. The molecule has 3 aromatic rings. The van der Waals surface area contributed by atoms with Crippen molar-refractivity contribution in [2.24, 2.45) is 0 Å². The molecule has 0 aliphatic carbocycles. The summed E-state index contributed by atoms with van der Waals surface area (Å²) in [5.74, 6) is 0.713. The Labute approximate surface area is 141 Å². The van der Waals surface area contributed by atoms with Crippen molar-refractivity contribution >= 4 is 22.7 Å². The van der Waals surface area contributed by atoms with Crippen molar-refractivity contribution in [2.75, 3.05) is 18.4 Å². The van der Waals surface area contributed by atoms with Gasteiger partial charge in [0.2, 0.25) is 0 Å². The van der Waals surface area contributed by atoms with Gasteiger partial charge in [-0.1, -0.05) is 18.6 Å². The Hall–Kier alpha value is -2.53. The third-order valence-corrected chi connectivity index (χ3v) is 4.40. The number of aromatic nitrogens is 3. The highest BCUT2D eigenvalue weighted by Crippen LogP contribution is 2.18. The molecule has 0 amide bonds. The minimum Gasteiger partial charge on any atom is -0.339 e. The maximum atomic E-state index is 4.49. The smallest absolute Gasteiger partial charge is 0.180 e. The van der Waals surface area contributed by atoms with Crippen LogP contribution in [0.3, 0.4) is 0 Å². The number of benzene rings is 1. The van der Waals surface area contributed by atoms with Gasteiger partial charge in [0.1, 0.15) is 5.52 Å². The summed E-state index contributed by atoms with van der Waals surface area (Å²) in [4.78, 5) is 15.6. The van der Waals surface area contributed by atoms with Gasteiger partial charge >= 0.3 is 0 Å². The Morgan fingerprint density at radius 1 is 0.958 bits per heavy atom. The van der Waals surface area contributed by atoms with Crippen molar-refractivity contribution < 1.29 is 0 Å². The van der Waals surface area contributed by atoms with Gasteiger partial charge in [-0.25, -0.2) is 15.0 Å². The molecule has 0 bridgehead atoms. The van der Waals surface area contributed by atoms with Gasteiger partial charge in [0.15, 0.2) is 11.5 Å². The summed E-state index contributed by atoms with van der Waals surface area (Å²) >= 11 is 0. The first kappa shape index (κ1) is 15.0. The van der Waals surface area contributed by atoms with Gasteiger partial charge in [-0.2, -0.15) is 0 Å². The van der Waals surface area contributed by atoms with Gasteiger partial charge in [0.05, 0.1) is 6.20 Å². The van der Waals surface area contributed by atoms with Crippen molar-refractivity contribution in [3.63, 3.8) is 0 Å². The van der Waals surface area contributed by atoms with Crippen LogP contribution >= 0.6 is 0 Å². The molecule has 1 aliphatic heterocycles. The van der Waals surface area contributed by atoms with Crippen LogP contribution in [0.2, 0.25) is 0 Å². The number of hydrogen-bond acceptors (Lipinski definition) is 5. The van der Waals surface area contributed by atoms with Crippen LogP contribution in [0.25, 0.3) is 11.2 Å². The molecule has 0 radical (unpaired) electrons. The zero-order valence-corrected chi connectivity index (χ0v) is 13.7. The summed E-state index contributed by atoms with van der Waals surface area (Å²) in [5, 5.41) is 3.30. The van der Waals surface area contributed by atoms with Crippen LogP contribution in [-0.2, 0) is 6.54 Å². The van der Waals surface area contributed by atoms with Gasteiger partial charge in [0, 0.05) is 18.4 Å². The Bertz CT molecular complexity index is 809. The van der Waals surface area contributed by atoms with Gasteiger partial charge in [-0.05, 0) is 55.8 Å². The molecule has 2 aromatic heterocycles. The van der Waals surface area contributed by atoms with Crippen molar-refractivity contribution in [1.29, 1.82) is 0 Å². The van der Waals surface area contributed by atoms with Crippen molar-refractivity contribution in [2.45, 2.75) is 25.8 Å². The summed E-state index contributed by atoms with van der Waals surface area (Å²) in [6.45, 7) is 3.49. The maximum absolute atomic E-state index is 4.49. The van der Waals surface area contributed by atoms with E-state index >= 15 is 0 Å². The lowest BCUT2D eigenvalue weighted by atomic mass is 10.1.